The minimum atomic E-state index is -0.902. The number of allylic oxidation sites excluding steroid dienone is 2. The molecule has 0 bridgehead atoms. The van der Waals surface area contributed by atoms with Gasteiger partial charge in [0.25, 0.3) is 0 Å². The van der Waals surface area contributed by atoms with Gasteiger partial charge in [0.15, 0.2) is 0 Å². The van der Waals surface area contributed by atoms with Crippen LogP contribution in [-0.2, 0) is 50.5 Å². The van der Waals surface area contributed by atoms with E-state index >= 15 is 0 Å². The molecule has 14 nitrogen and oxygen atoms in total. The van der Waals surface area contributed by atoms with Crippen molar-refractivity contribution in [3.8, 4) is 22.5 Å². The fourth-order valence-electron chi connectivity index (χ4n) is 10.5. The summed E-state index contributed by atoms with van der Waals surface area (Å²) in [5.41, 5.74) is 16.7. The second-order valence-electron chi connectivity index (χ2n) is 22.1. The van der Waals surface area contributed by atoms with Gasteiger partial charge >= 0.3 is 49.9 Å². The number of esters is 3. The van der Waals surface area contributed by atoms with Crippen molar-refractivity contribution in [1.29, 1.82) is 0 Å². The first kappa shape index (κ1) is 70.3. The third-order valence-corrected chi connectivity index (χ3v) is 16.4. The number of carboxylic acid groups (broad SMARTS) is 1. The summed E-state index contributed by atoms with van der Waals surface area (Å²) in [6, 6.07) is 66.5. The maximum absolute atomic E-state index is 11.6. The van der Waals surface area contributed by atoms with Crippen LogP contribution in [-0.4, -0.2) is 88.7 Å². The van der Waals surface area contributed by atoms with E-state index in [1.807, 2.05) is 93.0 Å². The third-order valence-electron chi connectivity index (χ3n) is 15.9. The summed E-state index contributed by atoms with van der Waals surface area (Å²) in [4.78, 5) is 45.1. The van der Waals surface area contributed by atoms with Crippen molar-refractivity contribution in [1.82, 2.24) is 9.13 Å². The molecule has 0 amide bonds. The first-order valence-corrected chi connectivity index (χ1v) is 29.1. The van der Waals surface area contributed by atoms with E-state index in [0.717, 1.165) is 56.3 Å². The zero-order valence-corrected chi connectivity index (χ0v) is 53.7. The fourth-order valence-corrected chi connectivity index (χ4v) is 10.9. The summed E-state index contributed by atoms with van der Waals surface area (Å²) in [7, 11) is 7.98. The van der Waals surface area contributed by atoms with Crippen LogP contribution in [0.4, 0.5) is 0 Å². The molecule has 0 spiro atoms. The Bertz CT molecular complexity index is 4240. The Morgan fingerprint density at radius 1 is 0.489 bits per heavy atom. The van der Waals surface area contributed by atoms with Gasteiger partial charge in [-0.1, -0.05) is 155 Å². The van der Waals surface area contributed by atoms with E-state index < -0.39 is 5.97 Å². The topological polar surface area (TPSA) is 206 Å². The molecular weight excluding hydrogens is 1190 g/mol. The number of carboxylic acids is 1. The van der Waals surface area contributed by atoms with E-state index in [9.17, 15) is 19.2 Å². The maximum Gasteiger partial charge on any atom is 1.00 e. The smallest absolute Gasteiger partial charge is 0.870 e. The van der Waals surface area contributed by atoms with E-state index in [0.29, 0.717) is 22.3 Å². The quantitative estimate of drug-likeness (QED) is 0.0860. The van der Waals surface area contributed by atoms with Crippen molar-refractivity contribution < 1.29 is 77.6 Å². The van der Waals surface area contributed by atoms with Crippen molar-refractivity contribution in [3.63, 3.8) is 0 Å². The van der Waals surface area contributed by atoms with Crippen LogP contribution in [0.3, 0.4) is 0 Å². The molecule has 8 aromatic carbocycles. The van der Waals surface area contributed by atoms with Gasteiger partial charge in [-0.15, -0.1) is 0 Å². The van der Waals surface area contributed by atoms with Crippen LogP contribution in [0.1, 0.15) is 96.9 Å². The number of para-hydroxylation sites is 2. The van der Waals surface area contributed by atoms with E-state index in [2.05, 4.69) is 149 Å². The number of hydrogen-bond donors (Lipinski definition) is 1. The zero-order chi connectivity index (χ0) is 62.0. The zero-order valence-electron chi connectivity index (χ0n) is 52.1. The normalized spacial score (nSPS) is 13.3. The Balaban J connectivity index is 0.000000180. The number of ether oxygens (including phenoxy) is 3. The summed E-state index contributed by atoms with van der Waals surface area (Å²) >= 11 is 3.25. The number of aromatic nitrogens is 2. The number of carbonyl (C=O) groups excluding carboxylic acids is 3. The molecule has 0 unspecified atom stereocenters. The molecule has 17 heteroatoms. The first-order chi connectivity index (χ1) is 41.8. The standard InChI is InChI=1S/C17H15NO2.C17H14O2.C16H13NO2.C15H19BO2.C8H7BrO2.Li.2H2O/c1-18-15-9-4-3-6-13(15)11-16(18)12-7-5-8-14(10-12)17(19)20-2;1-19-17(18)15-8-4-7-14(9-15)16-10-12-5-2-3-6-13(12)11-16;1-17-14-8-3-2-5-12(14)10-15(17)11-6-4-7-13(9-11)16(18)19;1-14(2)15(3,4)18-16(17-14)13-9-11-7-5-6-8-12(11)10-13;1-11-8(10)6-3-2-4-7(9)5-6;;;/h3-11H,1-2H3;2-10H,11H2,1H3;2-10H,1H3,(H,18,19);5-9H,10H2,1-4H3;2-5H,1H3;;2*1H2/q;;;;;+1;;/p-1. The Hall–Kier alpha value is -8.82. The van der Waals surface area contributed by atoms with Crippen LogP contribution in [0.2, 0.25) is 0 Å². The van der Waals surface area contributed by atoms with Crippen molar-refractivity contribution in [2.24, 2.45) is 14.1 Å². The molecule has 3 heterocycles. The second kappa shape index (κ2) is 31.1. The first-order valence-electron chi connectivity index (χ1n) is 28.3. The average molecular weight is 1270 g/mol. The van der Waals surface area contributed by atoms with Gasteiger partial charge in [-0.2, -0.15) is 0 Å². The maximum atomic E-state index is 11.6. The number of nitrogens with zero attached hydrogens (tertiary/aromatic N) is 2. The van der Waals surface area contributed by atoms with Gasteiger partial charge in [-0.3, -0.25) is 0 Å². The molecule has 1 fully saturated rings. The Morgan fingerprint density at radius 2 is 0.878 bits per heavy atom. The van der Waals surface area contributed by atoms with E-state index in [-0.39, 0.29) is 66.0 Å². The number of aromatic carboxylic acids is 1. The minimum absolute atomic E-state index is 0. The molecule has 0 atom stereocenters. The molecule has 90 heavy (non-hydrogen) atoms. The van der Waals surface area contributed by atoms with E-state index in [1.54, 1.807) is 48.5 Å². The molecule has 2 aromatic heterocycles. The van der Waals surface area contributed by atoms with Crippen LogP contribution in [0.25, 0.3) is 62.0 Å². The SMILES string of the molecule is CC1(C)OB(C2=Cc3ccccc3C2)OC1(C)C.COC(=O)c1cccc(-c2cc3ccccc3n2C)c1.COC(=O)c1cccc(Br)c1.COC(=O)c1cccc(C2=Cc3ccccc3C2)c1.Cn1c(-c2cccc(C(=O)O)c2)cc2ccccc21.O.[Li+].[OH-]. The predicted octanol–water partition coefficient (Wildman–Crippen LogP) is 12.2. The van der Waals surface area contributed by atoms with Crippen molar-refractivity contribution in [2.45, 2.75) is 51.7 Å². The average Bonchev–Trinajstić information content (AvgIpc) is 1.69. The van der Waals surface area contributed by atoms with Gasteiger partial charge in [-0.25, -0.2) is 19.2 Å². The Labute approximate surface area is 545 Å². The number of benzene rings is 8. The van der Waals surface area contributed by atoms with Crippen molar-refractivity contribution in [3.05, 3.63) is 266 Å². The van der Waals surface area contributed by atoms with Crippen LogP contribution < -0.4 is 18.9 Å². The number of rotatable bonds is 8. The largest absolute Gasteiger partial charge is 1.00 e. The predicted molar refractivity (Wildman–Crippen MR) is 356 cm³/mol. The van der Waals surface area contributed by atoms with Gasteiger partial charge in [0.05, 0.1) is 54.8 Å². The van der Waals surface area contributed by atoms with E-state index in [4.69, 9.17) is 23.9 Å². The molecule has 1 saturated heterocycles. The number of aryl methyl sites for hydroxylation is 2. The number of halogens is 1. The number of methoxy groups -OCH3 is 3. The van der Waals surface area contributed by atoms with Gasteiger partial charge in [0, 0.05) is 51.8 Å². The molecule has 0 radical (unpaired) electrons. The summed E-state index contributed by atoms with van der Waals surface area (Å²) in [5.74, 6) is -1.82. The van der Waals surface area contributed by atoms with Gasteiger partial charge in [0.2, 0.25) is 0 Å². The molecule has 3 aliphatic rings. The summed E-state index contributed by atoms with van der Waals surface area (Å²) in [6.07, 6.45) is 6.25. The van der Waals surface area contributed by atoms with Crippen molar-refractivity contribution in [2.75, 3.05) is 21.3 Å². The molecular formula is C73H71BBrLiN2O12. The summed E-state index contributed by atoms with van der Waals surface area (Å²) in [5, 5.41) is 11.4. The molecule has 0 saturated carbocycles. The number of hydrogen-bond acceptors (Lipinski definition) is 10. The number of carbonyl (C=O) groups is 4. The molecule has 13 rings (SSSR count). The molecule has 4 N–H and O–H groups in total. The molecule has 2 aliphatic carbocycles. The molecule has 1 aliphatic heterocycles. The van der Waals surface area contributed by atoms with Gasteiger partial charge in [0.1, 0.15) is 0 Å². The summed E-state index contributed by atoms with van der Waals surface area (Å²) in [6.45, 7) is 8.37. The van der Waals surface area contributed by atoms with Crippen LogP contribution >= 0.6 is 15.9 Å². The Kier molecular flexibility index (Phi) is 24.3. The van der Waals surface area contributed by atoms with Crippen molar-refractivity contribution >= 4 is 86.5 Å². The van der Waals surface area contributed by atoms with Crippen LogP contribution in [0.5, 0.6) is 0 Å². The van der Waals surface area contributed by atoms with Gasteiger partial charge in [-0.05, 0) is 169 Å². The third kappa shape index (κ3) is 16.3. The molecule has 456 valence electrons. The fraction of sp³-hybridized carbons (Fsp3) is 0.178. The van der Waals surface area contributed by atoms with Gasteiger partial charge < -0.3 is 48.7 Å². The molecule has 10 aromatic rings. The monoisotopic (exact) mass is 1260 g/mol. The second-order valence-corrected chi connectivity index (χ2v) is 23.0. The van der Waals surface area contributed by atoms with E-state index in [1.165, 1.54) is 65.5 Å². The minimum Gasteiger partial charge on any atom is -0.870 e. The van der Waals surface area contributed by atoms with Crippen LogP contribution in [0.15, 0.2) is 216 Å². The summed E-state index contributed by atoms with van der Waals surface area (Å²) < 4.78 is 31.3. The van der Waals surface area contributed by atoms with Crippen LogP contribution in [0, 0.1) is 0 Å². The number of fused-ring (bicyclic) bond motifs is 4. The Morgan fingerprint density at radius 3 is 1.32 bits per heavy atom.